The van der Waals surface area contributed by atoms with Crippen molar-refractivity contribution >= 4 is 5.91 Å². The molecule has 3 rings (SSSR count). The molecule has 96 valence electrons. The van der Waals surface area contributed by atoms with E-state index in [1.807, 2.05) is 6.92 Å². The molecule has 0 bridgehead atoms. The predicted molar refractivity (Wildman–Crippen MR) is 67.3 cm³/mol. The van der Waals surface area contributed by atoms with Gasteiger partial charge in [0.25, 0.3) is 0 Å². The highest BCUT2D eigenvalue weighted by Gasteiger charge is 2.54. The molecule has 3 fully saturated rings. The number of hydrogen-bond acceptors (Lipinski definition) is 2. The summed E-state index contributed by atoms with van der Waals surface area (Å²) in [5, 5.41) is 3.20. The molecule has 3 nitrogen and oxygen atoms in total. The topological polar surface area (TPSA) is 55.1 Å². The summed E-state index contributed by atoms with van der Waals surface area (Å²) in [5.41, 5.74) is 6.27. The lowest BCUT2D eigenvalue weighted by Crippen LogP contribution is -2.48. The smallest absolute Gasteiger partial charge is 0.227 e. The summed E-state index contributed by atoms with van der Waals surface area (Å²) in [5.74, 6) is 1.11. The molecule has 0 radical (unpaired) electrons. The molecule has 3 aliphatic carbocycles. The Bertz CT molecular complexity index is 333. The third-order valence-corrected chi connectivity index (χ3v) is 5.48. The number of carbonyl (C=O) groups excluding carboxylic acids is 1. The van der Waals surface area contributed by atoms with Crippen LogP contribution in [0.15, 0.2) is 0 Å². The summed E-state index contributed by atoms with van der Waals surface area (Å²) in [4.78, 5) is 12.3. The van der Waals surface area contributed by atoms with Crippen LogP contribution in [-0.2, 0) is 4.79 Å². The van der Waals surface area contributed by atoms with Crippen LogP contribution < -0.4 is 11.1 Å². The molecule has 17 heavy (non-hydrogen) atoms. The number of amides is 1. The lowest BCUT2D eigenvalue weighted by Gasteiger charge is -2.28. The molecule has 0 saturated heterocycles. The Kier molecular flexibility index (Phi) is 2.51. The second-order valence-electron chi connectivity index (χ2n) is 6.74. The van der Waals surface area contributed by atoms with Crippen molar-refractivity contribution in [1.82, 2.24) is 5.32 Å². The first-order valence-corrected chi connectivity index (χ1v) is 7.11. The maximum Gasteiger partial charge on any atom is 0.227 e. The van der Waals surface area contributed by atoms with Gasteiger partial charge in [-0.05, 0) is 56.8 Å². The Morgan fingerprint density at radius 3 is 2.47 bits per heavy atom. The van der Waals surface area contributed by atoms with E-state index in [1.54, 1.807) is 0 Å². The van der Waals surface area contributed by atoms with E-state index in [2.05, 4.69) is 5.32 Å². The maximum absolute atomic E-state index is 12.3. The fourth-order valence-electron chi connectivity index (χ4n) is 3.52. The van der Waals surface area contributed by atoms with Crippen LogP contribution in [0.25, 0.3) is 0 Å². The van der Waals surface area contributed by atoms with Gasteiger partial charge in [0.2, 0.25) is 5.91 Å². The second-order valence-corrected chi connectivity index (χ2v) is 6.74. The third-order valence-electron chi connectivity index (χ3n) is 5.48. The monoisotopic (exact) mass is 236 g/mol. The second kappa shape index (κ2) is 3.71. The van der Waals surface area contributed by atoms with Crippen LogP contribution in [-0.4, -0.2) is 18.5 Å². The Morgan fingerprint density at radius 2 is 2.00 bits per heavy atom. The number of hydrogen-bond donors (Lipinski definition) is 2. The molecular weight excluding hydrogens is 212 g/mol. The summed E-state index contributed by atoms with van der Waals surface area (Å²) >= 11 is 0. The van der Waals surface area contributed by atoms with Gasteiger partial charge in [0.15, 0.2) is 0 Å². The van der Waals surface area contributed by atoms with Gasteiger partial charge in [-0.3, -0.25) is 4.79 Å². The SMILES string of the molecule is CC1(C(=O)NCC2(C3CC3)CC2)CCCC1N. The molecule has 3 heteroatoms. The molecule has 2 unspecified atom stereocenters. The van der Waals surface area contributed by atoms with Crippen LogP contribution in [0.3, 0.4) is 0 Å². The molecule has 3 aliphatic rings. The standard InChI is InChI=1S/C14H24N2O/c1-13(6-2-3-11(13)15)12(17)16-9-14(7-8-14)10-4-5-10/h10-11H,2-9,15H2,1H3,(H,16,17). The molecule has 3 N–H and O–H groups in total. The highest BCUT2D eigenvalue weighted by molar-refractivity contribution is 5.83. The van der Waals surface area contributed by atoms with Gasteiger partial charge < -0.3 is 11.1 Å². The van der Waals surface area contributed by atoms with Crippen LogP contribution in [0.1, 0.15) is 51.9 Å². The summed E-state index contributed by atoms with van der Waals surface area (Å²) in [6.07, 6.45) is 8.45. The van der Waals surface area contributed by atoms with Gasteiger partial charge in [-0.2, -0.15) is 0 Å². The minimum Gasteiger partial charge on any atom is -0.355 e. The van der Waals surface area contributed by atoms with E-state index >= 15 is 0 Å². The molecule has 0 aromatic rings. The van der Waals surface area contributed by atoms with Gasteiger partial charge in [-0.25, -0.2) is 0 Å². The van der Waals surface area contributed by atoms with Crippen LogP contribution in [0, 0.1) is 16.7 Å². The molecule has 0 heterocycles. The van der Waals surface area contributed by atoms with Crippen molar-refractivity contribution in [2.45, 2.75) is 57.9 Å². The van der Waals surface area contributed by atoms with E-state index in [-0.39, 0.29) is 17.4 Å². The predicted octanol–water partition coefficient (Wildman–Crippen LogP) is 1.81. The highest BCUT2D eigenvalue weighted by atomic mass is 16.2. The zero-order valence-electron chi connectivity index (χ0n) is 10.8. The van der Waals surface area contributed by atoms with Gasteiger partial charge in [-0.1, -0.05) is 6.42 Å². The van der Waals surface area contributed by atoms with Crippen LogP contribution in [0.2, 0.25) is 0 Å². The molecule has 1 amide bonds. The van der Waals surface area contributed by atoms with Gasteiger partial charge in [0, 0.05) is 12.6 Å². The van der Waals surface area contributed by atoms with Crippen LogP contribution in [0.4, 0.5) is 0 Å². The van der Waals surface area contributed by atoms with Gasteiger partial charge in [0.1, 0.15) is 0 Å². The van der Waals surface area contributed by atoms with Gasteiger partial charge in [0.05, 0.1) is 5.41 Å². The van der Waals surface area contributed by atoms with Gasteiger partial charge in [-0.15, -0.1) is 0 Å². The molecule has 0 aromatic heterocycles. The average molecular weight is 236 g/mol. The zero-order chi connectivity index (χ0) is 12.1. The molecule has 0 aliphatic heterocycles. The van der Waals surface area contributed by atoms with Gasteiger partial charge >= 0.3 is 0 Å². The van der Waals surface area contributed by atoms with Crippen molar-refractivity contribution in [3.8, 4) is 0 Å². The molecule has 0 aromatic carbocycles. The quantitative estimate of drug-likeness (QED) is 0.782. The minimum atomic E-state index is -0.306. The van der Waals surface area contributed by atoms with Crippen LogP contribution >= 0.6 is 0 Å². The van der Waals surface area contributed by atoms with E-state index in [4.69, 9.17) is 5.73 Å². The first-order chi connectivity index (χ1) is 8.07. The summed E-state index contributed by atoms with van der Waals surface area (Å²) in [6.45, 7) is 2.94. The van der Waals surface area contributed by atoms with E-state index in [0.717, 1.165) is 31.7 Å². The Labute approximate surface area is 104 Å². The highest BCUT2D eigenvalue weighted by Crippen LogP contribution is 2.60. The van der Waals surface area contributed by atoms with E-state index in [1.165, 1.54) is 25.7 Å². The fourth-order valence-corrected chi connectivity index (χ4v) is 3.52. The van der Waals surface area contributed by atoms with E-state index in [9.17, 15) is 4.79 Å². The Balaban J connectivity index is 1.56. The van der Waals surface area contributed by atoms with E-state index in [0.29, 0.717) is 5.41 Å². The fraction of sp³-hybridized carbons (Fsp3) is 0.929. The normalized spacial score (nSPS) is 39.1. The Hall–Kier alpha value is -0.570. The zero-order valence-corrected chi connectivity index (χ0v) is 10.8. The lowest BCUT2D eigenvalue weighted by molar-refractivity contribution is -0.130. The number of nitrogens with two attached hydrogens (primary N) is 1. The molecular formula is C14H24N2O. The third kappa shape index (κ3) is 1.88. The van der Waals surface area contributed by atoms with E-state index < -0.39 is 0 Å². The van der Waals surface area contributed by atoms with Crippen molar-refractivity contribution in [3.05, 3.63) is 0 Å². The maximum atomic E-state index is 12.3. The number of nitrogens with one attached hydrogen (secondary N) is 1. The van der Waals surface area contributed by atoms with Crippen LogP contribution in [0.5, 0.6) is 0 Å². The summed E-state index contributed by atoms with van der Waals surface area (Å²) in [7, 11) is 0. The first-order valence-electron chi connectivity index (χ1n) is 7.11. The minimum absolute atomic E-state index is 0.0542. The average Bonchev–Trinajstić information content (AvgIpc) is 3.17. The van der Waals surface area contributed by atoms with Crippen molar-refractivity contribution in [3.63, 3.8) is 0 Å². The van der Waals surface area contributed by atoms with Crippen molar-refractivity contribution in [2.24, 2.45) is 22.5 Å². The van der Waals surface area contributed by atoms with Crippen molar-refractivity contribution < 1.29 is 4.79 Å². The van der Waals surface area contributed by atoms with Crippen molar-refractivity contribution in [2.75, 3.05) is 6.54 Å². The first kappa shape index (κ1) is 11.5. The number of carbonyl (C=O) groups is 1. The van der Waals surface area contributed by atoms with Crippen molar-refractivity contribution in [1.29, 1.82) is 0 Å². The molecule has 3 saturated carbocycles. The number of rotatable bonds is 4. The summed E-state index contributed by atoms with van der Waals surface area (Å²) < 4.78 is 0. The molecule has 0 spiro atoms. The lowest BCUT2D eigenvalue weighted by atomic mass is 9.84. The Morgan fingerprint density at radius 1 is 1.29 bits per heavy atom. The molecule has 2 atom stereocenters. The summed E-state index contributed by atoms with van der Waals surface area (Å²) in [6, 6.07) is 0.0542. The largest absolute Gasteiger partial charge is 0.355 e.